The maximum atomic E-state index is 14.2. The van der Waals surface area contributed by atoms with Crippen LogP contribution in [0.5, 0.6) is 11.5 Å². The van der Waals surface area contributed by atoms with Crippen molar-refractivity contribution >= 4 is 17.7 Å². The molecule has 0 unspecified atom stereocenters. The molecule has 0 fully saturated rings. The predicted octanol–water partition coefficient (Wildman–Crippen LogP) is 4.39. The van der Waals surface area contributed by atoms with Crippen molar-refractivity contribution in [3.05, 3.63) is 83.7 Å². The Kier molecular flexibility index (Phi) is 8.49. The van der Waals surface area contributed by atoms with E-state index in [2.05, 4.69) is 25.0 Å². The fourth-order valence-corrected chi connectivity index (χ4v) is 2.15. The second-order valence-electron chi connectivity index (χ2n) is 6.72. The van der Waals surface area contributed by atoms with E-state index < -0.39 is 24.5 Å². The third-order valence-electron chi connectivity index (χ3n) is 3.95. The van der Waals surface area contributed by atoms with Gasteiger partial charge in [0, 0.05) is 17.2 Å². The van der Waals surface area contributed by atoms with E-state index in [1.54, 1.807) is 19.1 Å². The van der Waals surface area contributed by atoms with Crippen LogP contribution in [0.4, 0.5) is 4.39 Å². The summed E-state index contributed by atoms with van der Waals surface area (Å²) in [7, 11) is 0. The molecule has 7 heteroatoms. The molecule has 0 spiro atoms. The van der Waals surface area contributed by atoms with E-state index in [4.69, 9.17) is 14.2 Å². The lowest BCUT2D eigenvalue weighted by Gasteiger charge is -2.09. The molecular formula is C25H21FO6. The quantitative estimate of drug-likeness (QED) is 0.201. The van der Waals surface area contributed by atoms with Gasteiger partial charge in [0.2, 0.25) is 6.79 Å². The standard InChI is InChI=1S/C25H21FO6/c1-16(2)22(27)7-5-6-18-8-10-19(11-9-18)25(29)32-23-13-12-20(14-21(23)26)30-15-31-24(28)17(3)4/h8-14H,1,3,7,15H2,2,4H3. The fourth-order valence-electron chi connectivity index (χ4n) is 2.15. The summed E-state index contributed by atoms with van der Waals surface area (Å²) in [5, 5.41) is 0. The Morgan fingerprint density at radius 2 is 1.69 bits per heavy atom. The number of rotatable bonds is 8. The van der Waals surface area contributed by atoms with Gasteiger partial charge >= 0.3 is 11.9 Å². The average molecular weight is 436 g/mol. The van der Waals surface area contributed by atoms with Crippen LogP contribution >= 0.6 is 0 Å². The topological polar surface area (TPSA) is 78.9 Å². The first kappa shape index (κ1) is 24.1. The van der Waals surface area contributed by atoms with E-state index >= 15 is 0 Å². The van der Waals surface area contributed by atoms with Crippen LogP contribution in [0.25, 0.3) is 0 Å². The number of hydrogen-bond acceptors (Lipinski definition) is 6. The molecule has 0 saturated heterocycles. The van der Waals surface area contributed by atoms with Crippen molar-refractivity contribution in [3.8, 4) is 23.3 Å². The lowest BCUT2D eigenvalue weighted by molar-refractivity contribution is -0.145. The van der Waals surface area contributed by atoms with Crippen molar-refractivity contribution in [1.29, 1.82) is 0 Å². The minimum atomic E-state index is -0.827. The van der Waals surface area contributed by atoms with Crippen LogP contribution in [-0.2, 0) is 14.3 Å². The molecule has 0 N–H and O–H groups in total. The summed E-state index contributed by atoms with van der Waals surface area (Å²) in [4.78, 5) is 35.0. The Bertz CT molecular complexity index is 1120. The summed E-state index contributed by atoms with van der Waals surface area (Å²) >= 11 is 0. The lowest BCUT2D eigenvalue weighted by atomic mass is 10.1. The minimum absolute atomic E-state index is 0.0639. The van der Waals surface area contributed by atoms with E-state index in [9.17, 15) is 18.8 Å². The van der Waals surface area contributed by atoms with Crippen molar-refractivity contribution in [1.82, 2.24) is 0 Å². The number of esters is 2. The Hall–Kier alpha value is -4.18. The van der Waals surface area contributed by atoms with Crippen LogP contribution in [0.15, 0.2) is 66.8 Å². The van der Waals surface area contributed by atoms with Crippen molar-refractivity contribution in [2.75, 3.05) is 6.79 Å². The molecule has 0 aromatic heterocycles. The van der Waals surface area contributed by atoms with E-state index in [1.165, 1.54) is 31.2 Å². The maximum absolute atomic E-state index is 14.2. The summed E-state index contributed by atoms with van der Waals surface area (Å²) < 4.78 is 29.2. The largest absolute Gasteiger partial charge is 0.457 e. The van der Waals surface area contributed by atoms with E-state index in [0.29, 0.717) is 11.1 Å². The molecule has 0 heterocycles. The fraction of sp³-hybridized carbons (Fsp3) is 0.160. The second kappa shape index (κ2) is 11.3. The van der Waals surface area contributed by atoms with Gasteiger partial charge in [-0.25, -0.2) is 14.0 Å². The van der Waals surface area contributed by atoms with Crippen LogP contribution < -0.4 is 9.47 Å². The van der Waals surface area contributed by atoms with Crippen molar-refractivity contribution < 1.29 is 33.0 Å². The highest BCUT2D eigenvalue weighted by Gasteiger charge is 2.13. The molecule has 0 aliphatic carbocycles. The van der Waals surface area contributed by atoms with Gasteiger partial charge in [-0.2, -0.15) is 0 Å². The van der Waals surface area contributed by atoms with Crippen LogP contribution in [0.3, 0.4) is 0 Å². The Balaban J connectivity index is 1.95. The van der Waals surface area contributed by atoms with E-state index in [-0.39, 0.29) is 34.8 Å². The molecular weight excluding hydrogens is 415 g/mol. The van der Waals surface area contributed by atoms with Crippen LogP contribution in [0.1, 0.15) is 36.2 Å². The number of carbonyl (C=O) groups is 3. The lowest BCUT2D eigenvalue weighted by Crippen LogP contribution is -2.11. The molecule has 0 atom stereocenters. The molecule has 2 aromatic rings. The molecule has 32 heavy (non-hydrogen) atoms. The normalized spacial score (nSPS) is 9.72. The Morgan fingerprint density at radius 1 is 1.00 bits per heavy atom. The Morgan fingerprint density at radius 3 is 2.28 bits per heavy atom. The third-order valence-corrected chi connectivity index (χ3v) is 3.95. The molecule has 0 bridgehead atoms. The Labute approximate surface area is 185 Å². The van der Waals surface area contributed by atoms with Crippen LogP contribution in [-0.4, -0.2) is 24.5 Å². The van der Waals surface area contributed by atoms with Gasteiger partial charge in [-0.05, 0) is 55.8 Å². The molecule has 0 amide bonds. The highest BCUT2D eigenvalue weighted by molar-refractivity contribution is 5.95. The number of hydrogen-bond donors (Lipinski definition) is 0. The third kappa shape index (κ3) is 7.26. The summed E-state index contributed by atoms with van der Waals surface area (Å²) in [5.41, 5.74) is 1.45. The van der Waals surface area contributed by atoms with Gasteiger partial charge in [-0.15, -0.1) is 0 Å². The SMILES string of the molecule is C=C(C)C(=O)CC#Cc1ccc(C(=O)Oc2ccc(OCOC(=O)C(=C)C)cc2F)cc1. The zero-order chi connectivity index (χ0) is 23.7. The molecule has 0 saturated carbocycles. The molecule has 2 aromatic carbocycles. The monoisotopic (exact) mass is 436 g/mol. The average Bonchev–Trinajstić information content (AvgIpc) is 2.75. The first-order valence-electron chi connectivity index (χ1n) is 9.42. The molecule has 0 aliphatic heterocycles. The van der Waals surface area contributed by atoms with Crippen molar-refractivity contribution in [2.45, 2.75) is 20.3 Å². The number of halogens is 1. The summed E-state index contributed by atoms with van der Waals surface area (Å²) in [5.74, 6) is 3.00. The minimum Gasteiger partial charge on any atom is -0.457 e. The smallest absolute Gasteiger partial charge is 0.343 e. The highest BCUT2D eigenvalue weighted by atomic mass is 19.1. The number of ketones is 1. The van der Waals surface area contributed by atoms with E-state index in [0.717, 1.165) is 6.07 Å². The number of carbonyl (C=O) groups excluding carboxylic acids is 3. The number of benzene rings is 2. The van der Waals surface area contributed by atoms with E-state index in [1.807, 2.05) is 0 Å². The van der Waals surface area contributed by atoms with Crippen molar-refractivity contribution in [3.63, 3.8) is 0 Å². The molecule has 2 rings (SSSR count). The number of Topliss-reactive ketones (excluding diaryl/α,β-unsaturated/α-hetero) is 1. The van der Waals surface area contributed by atoms with Gasteiger partial charge in [0.15, 0.2) is 17.3 Å². The van der Waals surface area contributed by atoms with Crippen molar-refractivity contribution in [2.24, 2.45) is 0 Å². The molecule has 0 radical (unpaired) electrons. The van der Waals surface area contributed by atoms with Gasteiger partial charge < -0.3 is 14.2 Å². The first-order valence-corrected chi connectivity index (χ1v) is 9.42. The number of ether oxygens (including phenoxy) is 3. The molecule has 164 valence electrons. The van der Waals surface area contributed by atoms with Crippen LogP contribution in [0.2, 0.25) is 0 Å². The zero-order valence-corrected chi connectivity index (χ0v) is 17.7. The summed E-state index contributed by atoms with van der Waals surface area (Å²) in [6.45, 7) is 9.68. The van der Waals surface area contributed by atoms with Gasteiger partial charge in [0.05, 0.1) is 12.0 Å². The first-order chi connectivity index (χ1) is 15.2. The zero-order valence-electron chi connectivity index (χ0n) is 17.7. The molecule has 6 nitrogen and oxygen atoms in total. The predicted molar refractivity (Wildman–Crippen MR) is 116 cm³/mol. The van der Waals surface area contributed by atoms with Gasteiger partial charge in [0.25, 0.3) is 0 Å². The highest BCUT2D eigenvalue weighted by Crippen LogP contribution is 2.23. The van der Waals surface area contributed by atoms with Gasteiger partial charge in [-0.1, -0.05) is 25.0 Å². The maximum Gasteiger partial charge on any atom is 0.343 e. The summed E-state index contributed by atoms with van der Waals surface area (Å²) in [6, 6.07) is 9.74. The summed E-state index contributed by atoms with van der Waals surface area (Å²) in [6.07, 6.45) is 0.0639. The van der Waals surface area contributed by atoms with Gasteiger partial charge in [0.1, 0.15) is 5.75 Å². The van der Waals surface area contributed by atoms with Gasteiger partial charge in [-0.3, -0.25) is 4.79 Å². The van der Waals surface area contributed by atoms with Crippen LogP contribution in [0, 0.1) is 17.7 Å². The number of allylic oxidation sites excluding steroid dienone is 1. The molecule has 0 aliphatic rings. The second-order valence-corrected chi connectivity index (χ2v) is 6.72.